The van der Waals surface area contributed by atoms with Crippen LogP contribution in [0.2, 0.25) is 0 Å². The molecule has 2 atom stereocenters. The van der Waals surface area contributed by atoms with Crippen LogP contribution in [0.1, 0.15) is 48.4 Å². The van der Waals surface area contributed by atoms with Gasteiger partial charge in [0.25, 0.3) is 17.5 Å². The van der Waals surface area contributed by atoms with Crippen LogP contribution in [0.15, 0.2) is 18.2 Å². The maximum absolute atomic E-state index is 12.7. The second-order valence-electron chi connectivity index (χ2n) is 6.69. The number of benzene rings is 1. The normalized spacial score (nSPS) is 16.0. The van der Waals surface area contributed by atoms with E-state index in [1.54, 1.807) is 13.8 Å². The molecule has 1 heterocycles. The van der Waals surface area contributed by atoms with E-state index < -0.39 is 39.7 Å². The lowest BCUT2D eigenvalue weighted by molar-refractivity contribution is -0.384. The summed E-state index contributed by atoms with van der Waals surface area (Å²) in [5.41, 5.74) is -0.337. The Bertz CT molecular complexity index is 777. The van der Waals surface area contributed by atoms with Gasteiger partial charge in [-0.1, -0.05) is 27.7 Å². The molecule has 140 valence electrons. The summed E-state index contributed by atoms with van der Waals surface area (Å²) in [7, 11) is 0. The molecule has 9 heteroatoms. The molecule has 2 rings (SSSR count). The van der Waals surface area contributed by atoms with Crippen molar-refractivity contribution in [1.29, 1.82) is 0 Å². The number of carbonyl (C=O) groups is 3. The van der Waals surface area contributed by atoms with Crippen molar-refractivity contribution in [3.8, 4) is 0 Å². The molecule has 1 aliphatic heterocycles. The van der Waals surface area contributed by atoms with Crippen molar-refractivity contribution in [3.05, 3.63) is 39.4 Å². The van der Waals surface area contributed by atoms with Crippen LogP contribution >= 0.6 is 15.9 Å². The second kappa shape index (κ2) is 7.53. The Balaban J connectivity index is 2.38. The summed E-state index contributed by atoms with van der Waals surface area (Å²) in [4.78, 5) is 49.1. The van der Waals surface area contributed by atoms with Gasteiger partial charge >= 0.3 is 5.97 Å². The first-order chi connectivity index (χ1) is 12.1. The molecular formula is C17H19BrN2O6. The number of esters is 1. The molecule has 1 unspecified atom stereocenters. The smallest absolute Gasteiger partial charge is 0.330 e. The number of fused-ring (bicyclic) bond motifs is 1. The number of rotatable bonds is 6. The minimum absolute atomic E-state index is 0.00316. The Kier molecular flexibility index (Phi) is 5.80. The van der Waals surface area contributed by atoms with Gasteiger partial charge in [0.15, 0.2) is 5.01 Å². The topological polar surface area (TPSA) is 107 Å². The Morgan fingerprint density at radius 2 is 1.69 bits per heavy atom. The van der Waals surface area contributed by atoms with Crippen LogP contribution in [0, 0.1) is 22.0 Å². The Hall–Kier alpha value is -2.29. The molecule has 26 heavy (non-hydrogen) atoms. The standard InChI is InChI=1S/C17H19BrN2O6/c1-8(2)13(17(23)26-14(18)9(3)4)19-15(21)11-6-5-10(20(24)25)7-12(11)16(19)22/h5-9,13-14H,1-4H3/t13-,14?/m1/s1. The highest BCUT2D eigenvalue weighted by Gasteiger charge is 2.45. The molecule has 1 aliphatic rings. The number of carbonyl (C=O) groups excluding carboxylic acids is 3. The van der Waals surface area contributed by atoms with E-state index in [-0.39, 0.29) is 22.7 Å². The number of hydrogen-bond donors (Lipinski definition) is 0. The zero-order chi connectivity index (χ0) is 19.8. The molecule has 0 aliphatic carbocycles. The number of non-ortho nitro benzene ring substituents is 1. The highest BCUT2D eigenvalue weighted by atomic mass is 79.9. The third-order valence-electron chi connectivity index (χ3n) is 4.02. The van der Waals surface area contributed by atoms with Crippen LogP contribution in [-0.4, -0.2) is 38.7 Å². The molecule has 0 saturated carbocycles. The van der Waals surface area contributed by atoms with E-state index in [0.717, 1.165) is 17.0 Å². The van der Waals surface area contributed by atoms with E-state index in [9.17, 15) is 24.5 Å². The molecule has 0 spiro atoms. The second-order valence-corrected chi connectivity index (χ2v) is 7.59. The molecule has 1 aromatic carbocycles. The maximum atomic E-state index is 12.7. The van der Waals surface area contributed by atoms with Crippen LogP contribution in [0.25, 0.3) is 0 Å². The summed E-state index contributed by atoms with van der Waals surface area (Å²) in [5, 5.41) is 10.4. The van der Waals surface area contributed by atoms with Gasteiger partial charge in [0.1, 0.15) is 6.04 Å². The molecular weight excluding hydrogens is 408 g/mol. The third kappa shape index (κ3) is 3.62. The number of hydrogen-bond acceptors (Lipinski definition) is 6. The summed E-state index contributed by atoms with van der Waals surface area (Å²) in [5.74, 6) is -2.51. The monoisotopic (exact) mass is 426 g/mol. The number of nitrogens with zero attached hydrogens (tertiary/aromatic N) is 2. The minimum atomic E-state index is -1.12. The van der Waals surface area contributed by atoms with Gasteiger partial charge < -0.3 is 4.74 Å². The van der Waals surface area contributed by atoms with Gasteiger partial charge in [-0.2, -0.15) is 0 Å². The third-order valence-corrected chi connectivity index (χ3v) is 5.26. The van der Waals surface area contributed by atoms with Gasteiger partial charge in [-0.05, 0) is 27.9 Å². The van der Waals surface area contributed by atoms with Crippen LogP contribution in [-0.2, 0) is 9.53 Å². The van der Waals surface area contributed by atoms with Crippen LogP contribution < -0.4 is 0 Å². The van der Waals surface area contributed by atoms with Crippen molar-refractivity contribution in [2.75, 3.05) is 0 Å². The van der Waals surface area contributed by atoms with E-state index in [1.807, 2.05) is 13.8 Å². The van der Waals surface area contributed by atoms with Crippen LogP contribution in [0.4, 0.5) is 5.69 Å². The van der Waals surface area contributed by atoms with Crippen molar-refractivity contribution >= 4 is 39.4 Å². The van der Waals surface area contributed by atoms with E-state index in [1.165, 1.54) is 6.07 Å². The number of imide groups is 1. The first kappa shape index (κ1) is 20.0. The lowest BCUT2D eigenvalue weighted by Gasteiger charge is -2.29. The summed E-state index contributed by atoms with van der Waals surface area (Å²) in [6.45, 7) is 7.07. The summed E-state index contributed by atoms with van der Waals surface area (Å²) >= 11 is 3.25. The highest BCUT2D eigenvalue weighted by molar-refractivity contribution is 9.09. The molecule has 0 bridgehead atoms. The number of nitro benzene ring substituents is 1. The van der Waals surface area contributed by atoms with E-state index in [4.69, 9.17) is 4.74 Å². The molecule has 8 nitrogen and oxygen atoms in total. The number of ether oxygens (including phenoxy) is 1. The van der Waals surface area contributed by atoms with Crippen LogP contribution in [0.5, 0.6) is 0 Å². The maximum Gasteiger partial charge on any atom is 0.330 e. The molecule has 0 aromatic heterocycles. The van der Waals surface area contributed by atoms with Gasteiger partial charge in [0.2, 0.25) is 0 Å². The highest BCUT2D eigenvalue weighted by Crippen LogP contribution is 2.31. The molecule has 0 radical (unpaired) electrons. The Morgan fingerprint density at radius 1 is 1.12 bits per heavy atom. The predicted octanol–water partition coefficient (Wildman–Crippen LogP) is 3.14. The number of amides is 2. The zero-order valence-electron chi connectivity index (χ0n) is 14.8. The zero-order valence-corrected chi connectivity index (χ0v) is 16.3. The van der Waals surface area contributed by atoms with Gasteiger partial charge in [0, 0.05) is 18.1 Å². The summed E-state index contributed by atoms with van der Waals surface area (Å²) in [6, 6.07) is 2.32. The fraction of sp³-hybridized carbons (Fsp3) is 0.471. The molecule has 0 fully saturated rings. The van der Waals surface area contributed by atoms with Crippen LogP contribution in [0.3, 0.4) is 0 Å². The number of alkyl halides is 1. The molecule has 1 aromatic rings. The molecule has 0 N–H and O–H groups in total. The lowest BCUT2D eigenvalue weighted by atomic mass is 10.0. The van der Waals surface area contributed by atoms with Crippen molar-refractivity contribution in [2.24, 2.45) is 11.8 Å². The lowest BCUT2D eigenvalue weighted by Crippen LogP contribution is -2.49. The summed E-state index contributed by atoms with van der Waals surface area (Å²) < 4.78 is 5.33. The first-order valence-electron chi connectivity index (χ1n) is 8.07. The van der Waals surface area contributed by atoms with Crippen molar-refractivity contribution in [3.63, 3.8) is 0 Å². The first-order valence-corrected chi connectivity index (χ1v) is 8.98. The van der Waals surface area contributed by atoms with E-state index in [0.29, 0.717) is 0 Å². The van der Waals surface area contributed by atoms with Gasteiger partial charge in [0.05, 0.1) is 16.1 Å². The van der Waals surface area contributed by atoms with Gasteiger partial charge in [-0.3, -0.25) is 24.6 Å². The number of halogens is 1. The Labute approximate surface area is 158 Å². The quantitative estimate of drug-likeness (QED) is 0.227. The predicted molar refractivity (Wildman–Crippen MR) is 95.9 cm³/mol. The summed E-state index contributed by atoms with van der Waals surface area (Å²) in [6.07, 6.45) is 0. The van der Waals surface area contributed by atoms with Gasteiger partial charge in [-0.25, -0.2) is 4.79 Å². The molecule has 0 saturated heterocycles. The van der Waals surface area contributed by atoms with Crippen molar-refractivity contribution < 1.29 is 24.0 Å². The van der Waals surface area contributed by atoms with Crippen molar-refractivity contribution in [1.82, 2.24) is 4.90 Å². The minimum Gasteiger partial charge on any atom is -0.449 e. The fourth-order valence-electron chi connectivity index (χ4n) is 2.61. The Morgan fingerprint density at radius 3 is 2.19 bits per heavy atom. The fourth-order valence-corrected chi connectivity index (χ4v) is 2.79. The average molecular weight is 427 g/mol. The number of nitro groups is 1. The van der Waals surface area contributed by atoms with Gasteiger partial charge in [-0.15, -0.1) is 0 Å². The average Bonchev–Trinajstić information content (AvgIpc) is 2.79. The largest absolute Gasteiger partial charge is 0.449 e. The van der Waals surface area contributed by atoms with E-state index in [2.05, 4.69) is 15.9 Å². The van der Waals surface area contributed by atoms with E-state index >= 15 is 0 Å². The van der Waals surface area contributed by atoms with Crippen molar-refractivity contribution in [2.45, 2.75) is 38.8 Å². The molecule has 2 amide bonds. The SMILES string of the molecule is CC(C)C(Br)OC(=O)[C@@H](C(C)C)N1C(=O)c2ccc([N+](=O)[O-])cc2C1=O.